The Bertz CT molecular complexity index is 939. The quantitative estimate of drug-likeness (QED) is 0.268. The topological polar surface area (TPSA) is 88.7 Å². The predicted octanol–water partition coefficient (Wildman–Crippen LogP) is 4.32. The van der Waals surface area contributed by atoms with Crippen LogP contribution in [0.2, 0.25) is 5.02 Å². The summed E-state index contributed by atoms with van der Waals surface area (Å²) < 4.78 is 11.2. The lowest BCUT2D eigenvalue weighted by molar-refractivity contribution is -0.123. The highest BCUT2D eigenvalue weighted by molar-refractivity contribution is 7.80. The van der Waals surface area contributed by atoms with Crippen LogP contribution < -0.4 is 25.6 Å². The molecule has 2 amide bonds. The first-order valence-corrected chi connectivity index (χ1v) is 11.2. The van der Waals surface area contributed by atoms with E-state index in [1.54, 1.807) is 42.5 Å². The Balaban J connectivity index is 1.77. The van der Waals surface area contributed by atoms with Crippen LogP contribution in [0.1, 0.15) is 48.5 Å². The number of hydrogen-bond donors (Lipinski definition) is 3. The number of ether oxygens (including phenoxy) is 2. The van der Waals surface area contributed by atoms with Gasteiger partial charge in [0, 0.05) is 5.02 Å². The third-order valence-corrected chi connectivity index (χ3v) is 5.06. The molecule has 0 aromatic heterocycles. The summed E-state index contributed by atoms with van der Waals surface area (Å²) in [6.07, 6.45) is 4.31. The second-order valence-electron chi connectivity index (χ2n) is 7.06. The molecule has 172 valence electrons. The largest absolute Gasteiger partial charge is 0.493 e. The van der Waals surface area contributed by atoms with Crippen LogP contribution >= 0.6 is 23.8 Å². The molecule has 2 aromatic carbocycles. The molecule has 0 aliphatic heterocycles. The molecule has 7 nitrogen and oxygen atoms in total. The van der Waals surface area contributed by atoms with Crippen LogP contribution in [-0.4, -0.2) is 30.1 Å². The molecule has 0 aliphatic carbocycles. The third-order valence-electron chi connectivity index (χ3n) is 4.43. The van der Waals surface area contributed by atoms with Crippen LogP contribution in [-0.2, 0) is 4.79 Å². The molecular formula is C23H28ClN3O4S. The number of aryl methyl sites for hydroxylation is 1. The van der Waals surface area contributed by atoms with E-state index in [2.05, 4.69) is 23.1 Å². The summed E-state index contributed by atoms with van der Waals surface area (Å²) in [6.45, 7) is 4.29. The maximum absolute atomic E-state index is 12.6. The number of nitrogens with one attached hydrogen (secondary N) is 3. The van der Waals surface area contributed by atoms with Gasteiger partial charge in [0.2, 0.25) is 0 Å². The molecule has 0 bridgehead atoms. The molecule has 32 heavy (non-hydrogen) atoms. The number of hydrogen-bond acceptors (Lipinski definition) is 5. The molecule has 9 heteroatoms. The number of rotatable bonds is 10. The molecule has 0 unspecified atom stereocenters. The van der Waals surface area contributed by atoms with E-state index in [1.165, 1.54) is 0 Å². The Morgan fingerprint density at radius 2 is 1.81 bits per heavy atom. The highest BCUT2D eigenvalue weighted by Gasteiger charge is 2.14. The van der Waals surface area contributed by atoms with Crippen LogP contribution in [0.3, 0.4) is 0 Å². The molecule has 0 fully saturated rings. The van der Waals surface area contributed by atoms with E-state index in [4.69, 9.17) is 33.3 Å². The zero-order valence-electron chi connectivity index (χ0n) is 18.2. The van der Waals surface area contributed by atoms with Crippen molar-refractivity contribution in [2.45, 2.75) is 39.5 Å². The molecule has 0 saturated heterocycles. The van der Waals surface area contributed by atoms with Crippen LogP contribution in [0.5, 0.6) is 11.5 Å². The molecule has 0 spiro atoms. The van der Waals surface area contributed by atoms with Crippen molar-refractivity contribution < 1.29 is 19.1 Å². The number of unbranched alkanes of at least 4 members (excludes halogenated alkanes) is 3. The number of para-hydroxylation sites is 1. The first-order valence-electron chi connectivity index (χ1n) is 10.4. The number of amides is 2. The van der Waals surface area contributed by atoms with E-state index in [9.17, 15) is 9.59 Å². The van der Waals surface area contributed by atoms with Gasteiger partial charge in [-0.15, -0.1) is 0 Å². The van der Waals surface area contributed by atoms with Crippen LogP contribution in [0.15, 0.2) is 42.5 Å². The Kier molecular flexibility index (Phi) is 10.8. The van der Waals surface area contributed by atoms with Gasteiger partial charge < -0.3 is 9.47 Å². The van der Waals surface area contributed by atoms with Crippen molar-refractivity contribution in [3.8, 4) is 11.5 Å². The zero-order chi connectivity index (χ0) is 23.3. The molecule has 2 aromatic rings. The monoisotopic (exact) mass is 477 g/mol. The second-order valence-corrected chi connectivity index (χ2v) is 7.88. The van der Waals surface area contributed by atoms with Crippen molar-refractivity contribution in [1.82, 2.24) is 16.2 Å². The minimum atomic E-state index is -0.468. The average Bonchev–Trinajstić information content (AvgIpc) is 2.78. The molecule has 2 rings (SSSR count). The fourth-order valence-electron chi connectivity index (χ4n) is 2.71. The summed E-state index contributed by atoms with van der Waals surface area (Å²) >= 11 is 11.0. The van der Waals surface area contributed by atoms with Gasteiger partial charge in [0.25, 0.3) is 11.8 Å². The lowest BCUT2D eigenvalue weighted by Gasteiger charge is -2.14. The molecule has 0 saturated carbocycles. The van der Waals surface area contributed by atoms with Gasteiger partial charge in [0.1, 0.15) is 11.5 Å². The summed E-state index contributed by atoms with van der Waals surface area (Å²) in [7, 11) is 0. The number of carbonyl (C=O) groups excluding carboxylic acids is 2. The first kappa shape index (κ1) is 25.4. The fraction of sp³-hybridized carbons (Fsp3) is 0.348. The molecule has 0 atom stereocenters. The maximum Gasteiger partial charge on any atom is 0.276 e. The van der Waals surface area contributed by atoms with Gasteiger partial charge in [-0.2, -0.15) is 0 Å². The first-order chi connectivity index (χ1) is 15.4. The van der Waals surface area contributed by atoms with E-state index in [0.717, 1.165) is 31.2 Å². The average molecular weight is 478 g/mol. The zero-order valence-corrected chi connectivity index (χ0v) is 19.8. The van der Waals surface area contributed by atoms with Crippen LogP contribution in [0, 0.1) is 6.92 Å². The van der Waals surface area contributed by atoms with Crippen LogP contribution in [0.25, 0.3) is 0 Å². The van der Waals surface area contributed by atoms with Crippen molar-refractivity contribution in [2.24, 2.45) is 0 Å². The van der Waals surface area contributed by atoms with Gasteiger partial charge in [-0.05, 0) is 61.5 Å². The maximum atomic E-state index is 12.6. The predicted molar refractivity (Wildman–Crippen MR) is 129 cm³/mol. The molecular weight excluding hydrogens is 450 g/mol. The number of thiocarbonyl (C=S) groups is 1. The Labute approximate surface area is 198 Å². The van der Waals surface area contributed by atoms with E-state index in [0.29, 0.717) is 28.7 Å². The van der Waals surface area contributed by atoms with Crippen LogP contribution in [0.4, 0.5) is 0 Å². The van der Waals surface area contributed by atoms with E-state index >= 15 is 0 Å². The van der Waals surface area contributed by atoms with Gasteiger partial charge in [-0.1, -0.05) is 49.9 Å². The third kappa shape index (κ3) is 8.72. The van der Waals surface area contributed by atoms with E-state index in [-0.39, 0.29) is 11.7 Å². The van der Waals surface area contributed by atoms with Crippen molar-refractivity contribution in [3.05, 3.63) is 58.6 Å². The second kappa shape index (κ2) is 13.5. The summed E-state index contributed by atoms with van der Waals surface area (Å²) in [5.74, 6) is 0.100. The smallest absolute Gasteiger partial charge is 0.276 e. The Morgan fingerprint density at radius 3 is 2.56 bits per heavy atom. The number of hydrazine groups is 1. The molecule has 0 heterocycles. The van der Waals surface area contributed by atoms with Gasteiger partial charge in [-0.3, -0.25) is 25.8 Å². The lowest BCUT2D eigenvalue weighted by atomic mass is 10.2. The van der Waals surface area contributed by atoms with E-state index < -0.39 is 11.8 Å². The van der Waals surface area contributed by atoms with Crippen molar-refractivity contribution >= 4 is 40.7 Å². The van der Waals surface area contributed by atoms with Crippen molar-refractivity contribution in [3.63, 3.8) is 0 Å². The molecule has 3 N–H and O–H groups in total. The molecule has 0 aliphatic rings. The van der Waals surface area contributed by atoms with Gasteiger partial charge in [0.15, 0.2) is 11.7 Å². The van der Waals surface area contributed by atoms with Gasteiger partial charge in [0.05, 0.1) is 12.2 Å². The minimum Gasteiger partial charge on any atom is -0.493 e. The summed E-state index contributed by atoms with van der Waals surface area (Å²) in [4.78, 5) is 24.5. The Hall–Kier alpha value is -2.84. The summed E-state index contributed by atoms with van der Waals surface area (Å²) in [5.41, 5.74) is 6.07. The van der Waals surface area contributed by atoms with Crippen molar-refractivity contribution in [1.29, 1.82) is 0 Å². The Morgan fingerprint density at radius 1 is 1.03 bits per heavy atom. The van der Waals surface area contributed by atoms with Gasteiger partial charge >= 0.3 is 0 Å². The standard InChI is InChI=1S/C23H28ClN3O4S/c1-3-4-5-8-13-30-20-10-7-6-9-18(20)22(29)25-23(32)27-26-21(28)15-31-17-11-12-19(24)16(2)14-17/h6-7,9-12,14H,3-5,8,13,15H2,1-2H3,(H,26,28)(H2,25,27,29,32). The number of benzene rings is 2. The van der Waals surface area contributed by atoms with Crippen molar-refractivity contribution in [2.75, 3.05) is 13.2 Å². The fourth-order valence-corrected chi connectivity index (χ4v) is 2.97. The summed E-state index contributed by atoms with van der Waals surface area (Å²) in [5, 5.41) is 3.09. The molecule has 0 radical (unpaired) electrons. The number of halogens is 1. The SMILES string of the molecule is CCCCCCOc1ccccc1C(=O)NC(=S)NNC(=O)COc1ccc(Cl)c(C)c1. The van der Waals surface area contributed by atoms with Gasteiger partial charge in [-0.25, -0.2) is 0 Å². The summed E-state index contributed by atoms with van der Waals surface area (Å²) in [6, 6.07) is 12.0. The lowest BCUT2D eigenvalue weighted by Crippen LogP contribution is -2.49. The highest BCUT2D eigenvalue weighted by atomic mass is 35.5. The normalized spacial score (nSPS) is 10.2. The minimum absolute atomic E-state index is 0.0524. The van der Waals surface area contributed by atoms with E-state index in [1.807, 2.05) is 6.92 Å². The number of carbonyl (C=O) groups is 2. The highest BCUT2D eigenvalue weighted by Crippen LogP contribution is 2.21.